The van der Waals surface area contributed by atoms with Gasteiger partial charge in [0.15, 0.2) is 0 Å². The van der Waals surface area contributed by atoms with Crippen LogP contribution in [0.25, 0.3) is 0 Å². The average molecular weight is 312 g/mol. The molecule has 7 nitrogen and oxygen atoms in total. The molecule has 1 aromatic carbocycles. The second kappa shape index (κ2) is 6.13. The van der Waals surface area contributed by atoms with Gasteiger partial charge in [-0.25, -0.2) is 4.79 Å². The molecule has 0 atom stereocenters. The molecule has 0 heterocycles. The number of nitro benzene ring substituents is 1. The molecule has 1 N–H and O–H groups in total. The Balaban J connectivity index is 3.23. The van der Waals surface area contributed by atoms with Crippen LogP contribution in [-0.4, -0.2) is 45.6 Å². The van der Waals surface area contributed by atoms with Crippen LogP contribution in [0.2, 0.25) is 0 Å². The van der Waals surface area contributed by atoms with E-state index in [9.17, 15) is 19.7 Å². The molecule has 21 heavy (non-hydrogen) atoms. The van der Waals surface area contributed by atoms with Gasteiger partial charge in [-0.15, -0.1) is 11.8 Å². The lowest BCUT2D eigenvalue weighted by atomic mass is 10.0. The Labute approximate surface area is 126 Å². The van der Waals surface area contributed by atoms with Crippen molar-refractivity contribution >= 4 is 29.3 Å². The summed E-state index contributed by atoms with van der Waals surface area (Å²) in [7, 11) is 1.35. The Morgan fingerprint density at radius 1 is 1.38 bits per heavy atom. The van der Waals surface area contributed by atoms with Gasteiger partial charge in [-0.1, -0.05) is 0 Å². The van der Waals surface area contributed by atoms with Gasteiger partial charge in [0.1, 0.15) is 5.54 Å². The van der Waals surface area contributed by atoms with E-state index in [4.69, 9.17) is 5.11 Å². The molecule has 0 aliphatic carbocycles. The van der Waals surface area contributed by atoms with Crippen molar-refractivity contribution in [3.05, 3.63) is 33.9 Å². The normalized spacial score (nSPS) is 11.0. The van der Waals surface area contributed by atoms with Crippen LogP contribution in [-0.2, 0) is 4.79 Å². The summed E-state index contributed by atoms with van der Waals surface area (Å²) in [6.07, 6.45) is 1.70. The van der Waals surface area contributed by atoms with Crippen LogP contribution in [0.1, 0.15) is 24.2 Å². The van der Waals surface area contributed by atoms with Crippen molar-refractivity contribution in [1.29, 1.82) is 0 Å². The number of hydrogen-bond acceptors (Lipinski definition) is 5. The van der Waals surface area contributed by atoms with Gasteiger partial charge in [0.05, 0.1) is 9.82 Å². The van der Waals surface area contributed by atoms with Crippen molar-refractivity contribution in [2.24, 2.45) is 0 Å². The highest BCUT2D eigenvalue weighted by Gasteiger charge is 2.36. The van der Waals surface area contributed by atoms with E-state index < -0.39 is 22.3 Å². The summed E-state index contributed by atoms with van der Waals surface area (Å²) in [5, 5.41) is 20.1. The lowest BCUT2D eigenvalue weighted by molar-refractivity contribution is -0.387. The van der Waals surface area contributed by atoms with Crippen molar-refractivity contribution in [1.82, 2.24) is 4.90 Å². The lowest BCUT2D eigenvalue weighted by Gasteiger charge is -2.31. The number of carboxylic acids is 1. The highest BCUT2D eigenvalue weighted by molar-refractivity contribution is 7.98. The number of nitro groups is 1. The third kappa shape index (κ3) is 3.33. The van der Waals surface area contributed by atoms with Gasteiger partial charge in [-0.05, 0) is 32.2 Å². The first-order chi connectivity index (χ1) is 9.62. The number of hydrogen-bond donors (Lipinski definition) is 1. The van der Waals surface area contributed by atoms with Crippen molar-refractivity contribution in [3.63, 3.8) is 0 Å². The maximum absolute atomic E-state index is 12.3. The molecule has 0 aliphatic rings. The number of carbonyl (C=O) groups is 2. The molecule has 0 spiro atoms. The van der Waals surface area contributed by atoms with Gasteiger partial charge < -0.3 is 10.0 Å². The number of likely N-dealkylation sites (N-methyl/N-ethyl adjacent to an activating group) is 1. The first-order valence-corrected chi connectivity index (χ1v) is 7.19. The Morgan fingerprint density at radius 3 is 2.38 bits per heavy atom. The number of rotatable bonds is 5. The second-order valence-electron chi connectivity index (χ2n) is 4.87. The summed E-state index contributed by atoms with van der Waals surface area (Å²) in [5.74, 6) is -1.74. The summed E-state index contributed by atoms with van der Waals surface area (Å²) in [6.45, 7) is 2.77. The molecule has 0 aliphatic heterocycles. The molecule has 1 amide bonds. The van der Waals surface area contributed by atoms with Crippen LogP contribution in [0.5, 0.6) is 0 Å². The van der Waals surface area contributed by atoms with Gasteiger partial charge in [0, 0.05) is 18.7 Å². The van der Waals surface area contributed by atoms with E-state index in [-0.39, 0.29) is 11.3 Å². The third-order valence-corrected chi connectivity index (χ3v) is 4.07. The number of carbonyl (C=O) groups excluding carboxylic acids is 1. The van der Waals surface area contributed by atoms with Crippen molar-refractivity contribution in [2.75, 3.05) is 13.3 Å². The average Bonchev–Trinajstić information content (AvgIpc) is 2.44. The molecule has 0 fully saturated rings. The van der Waals surface area contributed by atoms with Crippen LogP contribution in [0, 0.1) is 10.1 Å². The van der Waals surface area contributed by atoms with Gasteiger partial charge in [0.25, 0.3) is 11.6 Å². The zero-order chi connectivity index (χ0) is 16.4. The number of aliphatic carboxylic acids is 1. The second-order valence-corrected chi connectivity index (χ2v) is 5.72. The Bertz CT molecular complexity index is 600. The van der Waals surface area contributed by atoms with Crippen molar-refractivity contribution in [2.45, 2.75) is 24.3 Å². The maximum atomic E-state index is 12.3. The highest BCUT2D eigenvalue weighted by Crippen LogP contribution is 2.29. The topological polar surface area (TPSA) is 101 Å². The maximum Gasteiger partial charge on any atom is 0.329 e. The fraction of sp³-hybridized carbons (Fsp3) is 0.385. The van der Waals surface area contributed by atoms with Crippen molar-refractivity contribution < 1.29 is 19.6 Å². The molecule has 0 aromatic heterocycles. The minimum atomic E-state index is -1.41. The molecular formula is C13H16N2O5S. The number of benzene rings is 1. The standard InChI is InChI=1S/C13H16N2O5S/c1-13(2,12(17)18)14(3)11(16)8-5-6-10(21-4)9(7-8)15(19)20/h5-7H,1-4H3,(H,17,18). The molecule has 0 unspecified atom stereocenters. The minimum absolute atomic E-state index is 0.0799. The molecule has 1 rings (SSSR count). The van der Waals surface area contributed by atoms with Crippen LogP contribution in [0.4, 0.5) is 5.69 Å². The minimum Gasteiger partial charge on any atom is -0.480 e. The molecule has 114 valence electrons. The van der Waals surface area contributed by atoms with Gasteiger partial charge in [-0.2, -0.15) is 0 Å². The summed E-state index contributed by atoms with van der Waals surface area (Å²) in [6, 6.07) is 4.11. The zero-order valence-corrected chi connectivity index (χ0v) is 12.9. The molecule has 0 bridgehead atoms. The fourth-order valence-electron chi connectivity index (χ4n) is 1.56. The predicted octanol–water partition coefficient (Wildman–Crippen LogP) is 2.25. The van der Waals surface area contributed by atoms with E-state index in [1.807, 2.05) is 0 Å². The van der Waals surface area contributed by atoms with Gasteiger partial charge in [0.2, 0.25) is 0 Å². The zero-order valence-electron chi connectivity index (χ0n) is 12.1. The fourth-order valence-corrected chi connectivity index (χ4v) is 2.10. The molecule has 1 aromatic rings. The Hall–Kier alpha value is -2.09. The molecular weight excluding hydrogens is 296 g/mol. The summed E-state index contributed by atoms with van der Waals surface area (Å²) in [5.41, 5.74) is -1.50. The van der Waals surface area contributed by atoms with E-state index in [0.29, 0.717) is 4.90 Å². The molecule has 0 saturated heterocycles. The third-order valence-electron chi connectivity index (χ3n) is 3.29. The van der Waals surface area contributed by atoms with E-state index in [1.165, 1.54) is 50.9 Å². The molecule has 0 radical (unpaired) electrons. The van der Waals surface area contributed by atoms with Crippen molar-refractivity contribution in [3.8, 4) is 0 Å². The van der Waals surface area contributed by atoms with Crippen LogP contribution in [0.3, 0.4) is 0 Å². The van der Waals surface area contributed by atoms with Crippen LogP contribution < -0.4 is 0 Å². The summed E-state index contributed by atoms with van der Waals surface area (Å²) < 4.78 is 0. The number of carboxylic acid groups (broad SMARTS) is 1. The smallest absolute Gasteiger partial charge is 0.329 e. The number of nitrogens with zero attached hydrogens (tertiary/aromatic N) is 2. The number of amides is 1. The number of thioether (sulfide) groups is 1. The van der Waals surface area contributed by atoms with E-state index >= 15 is 0 Å². The molecule has 8 heteroatoms. The lowest BCUT2D eigenvalue weighted by Crippen LogP contribution is -2.50. The largest absolute Gasteiger partial charge is 0.480 e. The summed E-state index contributed by atoms with van der Waals surface area (Å²) >= 11 is 1.20. The monoisotopic (exact) mass is 312 g/mol. The highest BCUT2D eigenvalue weighted by atomic mass is 32.2. The summed E-state index contributed by atoms with van der Waals surface area (Å²) in [4.78, 5) is 35.4. The Morgan fingerprint density at radius 2 is 1.95 bits per heavy atom. The molecule has 0 saturated carbocycles. The van der Waals surface area contributed by atoms with E-state index in [0.717, 1.165) is 4.90 Å². The first-order valence-electron chi connectivity index (χ1n) is 5.97. The predicted molar refractivity (Wildman–Crippen MR) is 78.7 cm³/mol. The quantitative estimate of drug-likeness (QED) is 0.508. The van der Waals surface area contributed by atoms with Gasteiger partial charge in [-0.3, -0.25) is 14.9 Å². The van der Waals surface area contributed by atoms with Gasteiger partial charge >= 0.3 is 5.97 Å². The van der Waals surface area contributed by atoms with Crippen LogP contribution in [0.15, 0.2) is 23.1 Å². The Kier molecular flexibility index (Phi) is 4.95. The SMILES string of the molecule is CSc1ccc(C(=O)N(C)C(C)(C)C(=O)O)cc1[N+](=O)[O-]. The van der Waals surface area contributed by atoms with E-state index in [1.54, 1.807) is 6.26 Å². The van der Waals surface area contributed by atoms with Crippen LogP contribution >= 0.6 is 11.8 Å². The first kappa shape index (κ1) is 17.0. The van der Waals surface area contributed by atoms with E-state index in [2.05, 4.69) is 0 Å².